The first-order valence-corrected chi connectivity index (χ1v) is 7.66. The number of nitro benzene ring substituents is 1. The van der Waals surface area contributed by atoms with Crippen molar-refractivity contribution >= 4 is 23.1 Å². The largest absolute Gasteiger partial charge is 0.377 e. The Kier molecular flexibility index (Phi) is 4.66. The van der Waals surface area contributed by atoms with Gasteiger partial charge in [0.05, 0.1) is 10.6 Å². The standard InChI is InChI=1S/C14H13N5O3S/c1-18(2)11-5-4-8(19(21)22)6-9(11)12-10(7-15)13(20)17-14(16-12)23-3/h4-6H,1-3H3,(H,16,17,20). The molecule has 0 atom stereocenters. The number of nitrogens with one attached hydrogen (secondary N) is 1. The Labute approximate surface area is 135 Å². The fourth-order valence-electron chi connectivity index (χ4n) is 2.07. The van der Waals surface area contributed by atoms with E-state index >= 15 is 0 Å². The van der Waals surface area contributed by atoms with E-state index in [9.17, 15) is 20.2 Å². The summed E-state index contributed by atoms with van der Waals surface area (Å²) >= 11 is 1.21. The third-order valence-corrected chi connectivity index (χ3v) is 3.71. The van der Waals surface area contributed by atoms with Gasteiger partial charge in [0, 0.05) is 37.5 Å². The smallest absolute Gasteiger partial charge is 0.270 e. The van der Waals surface area contributed by atoms with Gasteiger partial charge in [-0.2, -0.15) is 5.26 Å². The van der Waals surface area contributed by atoms with Gasteiger partial charge >= 0.3 is 0 Å². The molecule has 2 rings (SSSR count). The quantitative estimate of drug-likeness (QED) is 0.394. The molecular weight excluding hydrogens is 318 g/mol. The summed E-state index contributed by atoms with van der Waals surface area (Å²) in [4.78, 5) is 31.1. The van der Waals surface area contributed by atoms with Gasteiger partial charge in [0.2, 0.25) is 0 Å². The third kappa shape index (κ3) is 3.17. The maximum Gasteiger partial charge on any atom is 0.270 e. The Hall–Kier alpha value is -2.86. The minimum Gasteiger partial charge on any atom is -0.377 e. The molecule has 0 saturated heterocycles. The van der Waals surface area contributed by atoms with Crippen molar-refractivity contribution in [2.24, 2.45) is 0 Å². The molecule has 0 fully saturated rings. The average Bonchev–Trinajstić information content (AvgIpc) is 2.53. The number of hydrogen-bond acceptors (Lipinski definition) is 7. The molecule has 23 heavy (non-hydrogen) atoms. The van der Waals surface area contributed by atoms with Gasteiger partial charge in [0.1, 0.15) is 11.6 Å². The minimum absolute atomic E-state index is 0.132. The van der Waals surface area contributed by atoms with E-state index < -0.39 is 10.5 Å². The molecule has 1 aromatic carbocycles. The first-order chi connectivity index (χ1) is 10.9. The molecule has 2 aromatic rings. The molecule has 9 heteroatoms. The van der Waals surface area contributed by atoms with Gasteiger partial charge < -0.3 is 9.88 Å². The van der Waals surface area contributed by atoms with Crippen LogP contribution in [0.5, 0.6) is 0 Å². The molecule has 0 amide bonds. The normalized spacial score (nSPS) is 10.2. The summed E-state index contributed by atoms with van der Waals surface area (Å²) in [6.45, 7) is 0. The molecule has 0 aliphatic carbocycles. The van der Waals surface area contributed by atoms with Crippen LogP contribution in [0.15, 0.2) is 28.2 Å². The van der Waals surface area contributed by atoms with Gasteiger partial charge in [-0.1, -0.05) is 11.8 Å². The molecule has 0 saturated carbocycles. The number of thioether (sulfide) groups is 1. The summed E-state index contributed by atoms with van der Waals surface area (Å²) in [5.74, 6) is 0. The lowest BCUT2D eigenvalue weighted by molar-refractivity contribution is -0.384. The zero-order chi connectivity index (χ0) is 17.1. The number of non-ortho nitro benzene ring substituents is 1. The highest BCUT2D eigenvalue weighted by atomic mass is 32.2. The Morgan fingerprint density at radius 3 is 2.65 bits per heavy atom. The number of hydrogen-bond donors (Lipinski definition) is 1. The zero-order valence-electron chi connectivity index (χ0n) is 12.7. The van der Waals surface area contributed by atoms with Crippen molar-refractivity contribution in [2.45, 2.75) is 5.16 Å². The van der Waals surface area contributed by atoms with Gasteiger partial charge in [0.15, 0.2) is 5.16 Å². The first kappa shape index (κ1) is 16.5. The van der Waals surface area contributed by atoms with E-state index in [4.69, 9.17) is 0 Å². The van der Waals surface area contributed by atoms with Crippen LogP contribution in [0, 0.1) is 21.4 Å². The van der Waals surface area contributed by atoms with E-state index in [1.54, 1.807) is 31.3 Å². The highest BCUT2D eigenvalue weighted by molar-refractivity contribution is 7.98. The van der Waals surface area contributed by atoms with Crippen molar-refractivity contribution in [3.63, 3.8) is 0 Å². The van der Waals surface area contributed by atoms with Crippen LogP contribution in [0.1, 0.15) is 5.56 Å². The second-order valence-electron chi connectivity index (χ2n) is 4.76. The van der Waals surface area contributed by atoms with Crippen molar-refractivity contribution in [3.8, 4) is 17.3 Å². The highest BCUT2D eigenvalue weighted by Crippen LogP contribution is 2.33. The fourth-order valence-corrected chi connectivity index (χ4v) is 2.44. The fraction of sp³-hybridized carbons (Fsp3) is 0.214. The summed E-state index contributed by atoms with van der Waals surface area (Å²) in [5, 5.41) is 20.6. The number of H-pyrrole nitrogens is 1. The van der Waals surface area contributed by atoms with Crippen LogP contribution in [0.4, 0.5) is 11.4 Å². The topological polar surface area (TPSA) is 116 Å². The number of rotatable bonds is 4. The van der Waals surface area contributed by atoms with Crippen LogP contribution in [0.25, 0.3) is 11.3 Å². The van der Waals surface area contributed by atoms with Crippen molar-refractivity contribution in [2.75, 3.05) is 25.3 Å². The van der Waals surface area contributed by atoms with Crippen LogP contribution in [0.3, 0.4) is 0 Å². The van der Waals surface area contributed by atoms with E-state index in [-0.39, 0.29) is 16.9 Å². The van der Waals surface area contributed by atoms with Gasteiger partial charge in [-0.25, -0.2) is 4.98 Å². The van der Waals surface area contributed by atoms with E-state index in [1.807, 2.05) is 6.07 Å². The summed E-state index contributed by atoms with van der Waals surface area (Å²) in [7, 11) is 3.53. The van der Waals surface area contributed by atoms with Crippen LogP contribution < -0.4 is 10.5 Å². The molecule has 1 heterocycles. The molecule has 0 aliphatic rings. The van der Waals surface area contributed by atoms with Crippen LogP contribution in [-0.4, -0.2) is 35.2 Å². The monoisotopic (exact) mass is 331 g/mol. The SMILES string of the molecule is CSc1nc(-c2cc([N+](=O)[O-])ccc2N(C)C)c(C#N)c(=O)[nH]1. The van der Waals surface area contributed by atoms with E-state index in [0.717, 1.165) is 0 Å². The predicted octanol–water partition coefficient (Wildman–Crippen LogP) is 2.00. The summed E-state index contributed by atoms with van der Waals surface area (Å²) in [6.07, 6.45) is 1.73. The van der Waals surface area contributed by atoms with Gasteiger partial charge in [-0.3, -0.25) is 14.9 Å². The number of nitriles is 1. The van der Waals surface area contributed by atoms with Gasteiger partial charge in [0.25, 0.3) is 11.2 Å². The van der Waals surface area contributed by atoms with Crippen molar-refractivity contribution in [1.29, 1.82) is 5.26 Å². The van der Waals surface area contributed by atoms with E-state index in [1.165, 1.54) is 23.9 Å². The summed E-state index contributed by atoms with van der Waals surface area (Å²) in [5.41, 5.74) is 0.235. The average molecular weight is 331 g/mol. The maximum absolute atomic E-state index is 12.0. The lowest BCUT2D eigenvalue weighted by atomic mass is 10.0. The molecule has 8 nitrogen and oxygen atoms in total. The number of nitrogens with zero attached hydrogens (tertiary/aromatic N) is 4. The Morgan fingerprint density at radius 2 is 2.13 bits per heavy atom. The first-order valence-electron chi connectivity index (χ1n) is 6.43. The maximum atomic E-state index is 12.0. The lowest BCUT2D eigenvalue weighted by Gasteiger charge is -2.17. The third-order valence-electron chi connectivity index (χ3n) is 3.13. The Bertz CT molecular complexity index is 870. The number of aromatic nitrogens is 2. The number of benzene rings is 1. The second-order valence-corrected chi connectivity index (χ2v) is 5.56. The molecule has 118 valence electrons. The minimum atomic E-state index is -0.571. The van der Waals surface area contributed by atoms with Crippen LogP contribution >= 0.6 is 11.8 Å². The molecule has 0 aliphatic heterocycles. The van der Waals surface area contributed by atoms with E-state index in [0.29, 0.717) is 16.4 Å². The molecule has 0 unspecified atom stereocenters. The van der Waals surface area contributed by atoms with E-state index in [2.05, 4.69) is 9.97 Å². The van der Waals surface area contributed by atoms with Crippen LogP contribution in [0.2, 0.25) is 0 Å². The lowest BCUT2D eigenvalue weighted by Crippen LogP contribution is -2.16. The number of aromatic amines is 1. The van der Waals surface area contributed by atoms with Crippen LogP contribution in [-0.2, 0) is 0 Å². The molecule has 1 aromatic heterocycles. The van der Waals surface area contributed by atoms with Crippen molar-refractivity contribution in [3.05, 3.63) is 44.2 Å². The number of anilines is 1. The van der Waals surface area contributed by atoms with Gasteiger partial charge in [-0.05, 0) is 12.3 Å². The summed E-state index contributed by atoms with van der Waals surface area (Å²) < 4.78 is 0. The second kappa shape index (κ2) is 6.50. The van der Waals surface area contributed by atoms with Gasteiger partial charge in [-0.15, -0.1) is 0 Å². The number of nitro groups is 1. The molecule has 0 spiro atoms. The van der Waals surface area contributed by atoms with Crippen molar-refractivity contribution in [1.82, 2.24) is 9.97 Å². The Morgan fingerprint density at radius 1 is 1.43 bits per heavy atom. The summed E-state index contributed by atoms with van der Waals surface area (Å²) in [6, 6.07) is 6.08. The Balaban J connectivity index is 2.87. The molecule has 0 bridgehead atoms. The zero-order valence-corrected chi connectivity index (χ0v) is 13.5. The highest BCUT2D eigenvalue weighted by Gasteiger charge is 2.20. The predicted molar refractivity (Wildman–Crippen MR) is 87.8 cm³/mol. The molecule has 1 N–H and O–H groups in total. The molecular formula is C14H13N5O3S. The van der Waals surface area contributed by atoms with Crippen molar-refractivity contribution < 1.29 is 4.92 Å². The molecule has 0 radical (unpaired) electrons.